The number of aromatic nitrogens is 1. The summed E-state index contributed by atoms with van der Waals surface area (Å²) < 4.78 is 0. The minimum atomic E-state index is 0.742. The predicted octanol–water partition coefficient (Wildman–Crippen LogP) is 3.28. The van der Waals surface area contributed by atoms with Gasteiger partial charge in [0.15, 0.2) is 0 Å². The largest absolute Gasteiger partial charge is 0.355 e. The van der Waals surface area contributed by atoms with Crippen LogP contribution < -0.4 is 4.90 Å². The maximum atomic E-state index is 9.25. The van der Waals surface area contributed by atoms with Crippen molar-refractivity contribution in [3.63, 3.8) is 0 Å². The van der Waals surface area contributed by atoms with E-state index in [0.29, 0.717) is 0 Å². The molecule has 0 atom stereocenters. The van der Waals surface area contributed by atoms with Gasteiger partial charge in [-0.3, -0.25) is 0 Å². The van der Waals surface area contributed by atoms with E-state index >= 15 is 0 Å². The number of nitrogens with zero attached hydrogens (tertiary/aromatic N) is 3. The Bertz CT molecular complexity index is 440. The van der Waals surface area contributed by atoms with Gasteiger partial charge in [0.2, 0.25) is 0 Å². The molecule has 3 nitrogen and oxygen atoms in total. The number of pyridine rings is 1. The Labute approximate surface area is 109 Å². The molecule has 0 N–H and O–H groups in total. The van der Waals surface area contributed by atoms with Crippen molar-refractivity contribution in [3.8, 4) is 6.07 Å². The van der Waals surface area contributed by atoms with Gasteiger partial charge in [0, 0.05) is 19.3 Å². The Morgan fingerprint density at radius 3 is 2.78 bits per heavy atom. The lowest BCUT2D eigenvalue weighted by Crippen LogP contribution is -2.34. The van der Waals surface area contributed by atoms with E-state index in [1.165, 1.54) is 25.7 Å². The van der Waals surface area contributed by atoms with Crippen LogP contribution >= 0.6 is 0 Å². The summed E-state index contributed by atoms with van der Waals surface area (Å²) in [5, 5.41) is 9.25. The molecule has 0 unspecified atom stereocenters. The van der Waals surface area contributed by atoms with E-state index in [4.69, 9.17) is 0 Å². The molecule has 0 amide bonds. The third-order valence-electron chi connectivity index (χ3n) is 3.86. The van der Waals surface area contributed by atoms with Crippen molar-refractivity contribution >= 4 is 5.82 Å². The van der Waals surface area contributed by atoms with Gasteiger partial charge in [0.1, 0.15) is 11.9 Å². The molecule has 0 aromatic carbocycles. The van der Waals surface area contributed by atoms with Crippen LogP contribution in [-0.4, -0.2) is 18.1 Å². The van der Waals surface area contributed by atoms with Crippen LogP contribution in [0.4, 0.5) is 5.82 Å². The molecule has 1 fully saturated rings. The zero-order valence-corrected chi connectivity index (χ0v) is 11.3. The zero-order valence-electron chi connectivity index (χ0n) is 11.3. The highest BCUT2D eigenvalue weighted by Gasteiger charge is 2.21. The van der Waals surface area contributed by atoms with Crippen LogP contribution in [0.2, 0.25) is 0 Å². The van der Waals surface area contributed by atoms with E-state index < -0.39 is 0 Å². The molecule has 0 bridgehead atoms. The molecule has 2 heterocycles. The van der Waals surface area contributed by atoms with Crippen LogP contribution in [0.3, 0.4) is 0 Å². The number of piperidine rings is 1. The second kappa shape index (κ2) is 5.86. The molecular formula is C15H21N3. The van der Waals surface area contributed by atoms with Crippen LogP contribution in [0.1, 0.15) is 43.7 Å². The standard InChI is InChI=1S/C15H21N3/c1-3-4-13-6-9-18(10-7-13)15-14(11-16)12(2)5-8-17-15/h5,8,13H,3-4,6-7,9-10H2,1-2H3. The van der Waals surface area contributed by atoms with E-state index in [0.717, 1.165) is 36.0 Å². The van der Waals surface area contributed by atoms with E-state index in [2.05, 4.69) is 22.9 Å². The minimum absolute atomic E-state index is 0.742. The van der Waals surface area contributed by atoms with Gasteiger partial charge in [0.05, 0.1) is 5.56 Å². The summed E-state index contributed by atoms with van der Waals surface area (Å²) >= 11 is 0. The molecule has 96 valence electrons. The third kappa shape index (κ3) is 2.64. The number of rotatable bonds is 3. The molecule has 0 saturated carbocycles. The number of anilines is 1. The highest BCUT2D eigenvalue weighted by atomic mass is 15.2. The first-order valence-corrected chi connectivity index (χ1v) is 6.87. The van der Waals surface area contributed by atoms with Crippen LogP contribution in [0.5, 0.6) is 0 Å². The second-order valence-corrected chi connectivity index (χ2v) is 5.16. The van der Waals surface area contributed by atoms with Gasteiger partial charge >= 0.3 is 0 Å². The van der Waals surface area contributed by atoms with Gasteiger partial charge in [-0.15, -0.1) is 0 Å². The monoisotopic (exact) mass is 243 g/mol. The molecule has 18 heavy (non-hydrogen) atoms. The Balaban J connectivity index is 2.10. The molecular weight excluding hydrogens is 222 g/mol. The minimum Gasteiger partial charge on any atom is -0.355 e. The van der Waals surface area contributed by atoms with Crippen molar-refractivity contribution in [1.29, 1.82) is 5.26 Å². The predicted molar refractivity (Wildman–Crippen MR) is 73.5 cm³/mol. The number of nitriles is 1. The lowest BCUT2D eigenvalue weighted by atomic mass is 9.92. The molecule has 1 aliphatic rings. The van der Waals surface area contributed by atoms with E-state index in [1.54, 1.807) is 0 Å². The second-order valence-electron chi connectivity index (χ2n) is 5.16. The molecule has 1 saturated heterocycles. The first-order valence-electron chi connectivity index (χ1n) is 6.87. The average Bonchev–Trinajstić information content (AvgIpc) is 2.40. The summed E-state index contributed by atoms with van der Waals surface area (Å²) in [5.74, 6) is 1.74. The molecule has 3 heteroatoms. The highest BCUT2D eigenvalue weighted by Crippen LogP contribution is 2.27. The SMILES string of the molecule is CCCC1CCN(c2nccc(C)c2C#N)CC1. The van der Waals surface area contributed by atoms with Crippen molar-refractivity contribution in [1.82, 2.24) is 4.98 Å². The molecule has 0 radical (unpaired) electrons. The van der Waals surface area contributed by atoms with Gasteiger partial charge < -0.3 is 4.90 Å². The molecule has 1 aromatic heterocycles. The Hall–Kier alpha value is -1.56. The smallest absolute Gasteiger partial charge is 0.146 e. The summed E-state index contributed by atoms with van der Waals surface area (Å²) in [6.45, 7) is 6.31. The van der Waals surface area contributed by atoms with Crippen molar-refractivity contribution < 1.29 is 0 Å². The van der Waals surface area contributed by atoms with Crippen LogP contribution in [-0.2, 0) is 0 Å². The lowest BCUT2D eigenvalue weighted by molar-refractivity contribution is 0.377. The van der Waals surface area contributed by atoms with E-state index in [-0.39, 0.29) is 0 Å². The number of hydrogen-bond donors (Lipinski definition) is 0. The maximum absolute atomic E-state index is 9.25. The summed E-state index contributed by atoms with van der Waals surface area (Å²) in [6.07, 6.45) is 6.88. The molecule has 0 spiro atoms. The van der Waals surface area contributed by atoms with E-state index in [1.807, 2.05) is 19.2 Å². The van der Waals surface area contributed by atoms with Crippen molar-refractivity contribution in [2.75, 3.05) is 18.0 Å². The van der Waals surface area contributed by atoms with Crippen molar-refractivity contribution in [2.24, 2.45) is 5.92 Å². The average molecular weight is 243 g/mol. The summed E-state index contributed by atoms with van der Waals surface area (Å²) in [7, 11) is 0. The summed E-state index contributed by atoms with van der Waals surface area (Å²) in [6, 6.07) is 4.20. The van der Waals surface area contributed by atoms with Gasteiger partial charge in [-0.05, 0) is 37.3 Å². The van der Waals surface area contributed by atoms with Crippen LogP contribution in [0.15, 0.2) is 12.3 Å². The number of aryl methyl sites for hydroxylation is 1. The van der Waals surface area contributed by atoms with Crippen LogP contribution in [0.25, 0.3) is 0 Å². The van der Waals surface area contributed by atoms with Gasteiger partial charge in [-0.1, -0.05) is 19.8 Å². The highest BCUT2D eigenvalue weighted by molar-refractivity contribution is 5.57. The fourth-order valence-electron chi connectivity index (χ4n) is 2.76. The Morgan fingerprint density at radius 2 is 2.17 bits per heavy atom. The Kier molecular flexibility index (Phi) is 4.19. The molecule has 2 rings (SSSR count). The van der Waals surface area contributed by atoms with Gasteiger partial charge in [-0.25, -0.2) is 4.98 Å². The summed E-state index contributed by atoms with van der Waals surface area (Å²) in [4.78, 5) is 6.68. The Morgan fingerprint density at radius 1 is 1.44 bits per heavy atom. The fraction of sp³-hybridized carbons (Fsp3) is 0.600. The first-order chi connectivity index (χ1) is 8.76. The van der Waals surface area contributed by atoms with Crippen molar-refractivity contribution in [3.05, 3.63) is 23.4 Å². The normalized spacial score (nSPS) is 16.6. The maximum Gasteiger partial charge on any atom is 0.146 e. The number of hydrogen-bond acceptors (Lipinski definition) is 3. The summed E-state index contributed by atoms with van der Waals surface area (Å²) in [5.41, 5.74) is 1.77. The van der Waals surface area contributed by atoms with Gasteiger partial charge in [-0.2, -0.15) is 5.26 Å². The quantitative estimate of drug-likeness (QED) is 0.818. The molecule has 1 aromatic rings. The van der Waals surface area contributed by atoms with Crippen LogP contribution in [0, 0.1) is 24.2 Å². The van der Waals surface area contributed by atoms with E-state index in [9.17, 15) is 5.26 Å². The van der Waals surface area contributed by atoms with Gasteiger partial charge in [0.25, 0.3) is 0 Å². The fourth-order valence-corrected chi connectivity index (χ4v) is 2.76. The lowest BCUT2D eigenvalue weighted by Gasteiger charge is -2.33. The molecule has 0 aliphatic carbocycles. The first kappa shape index (κ1) is 12.9. The molecule has 1 aliphatic heterocycles. The third-order valence-corrected chi connectivity index (χ3v) is 3.86. The zero-order chi connectivity index (χ0) is 13.0. The van der Waals surface area contributed by atoms with Crippen molar-refractivity contribution in [2.45, 2.75) is 39.5 Å². The topological polar surface area (TPSA) is 39.9 Å².